The van der Waals surface area contributed by atoms with Crippen molar-refractivity contribution in [1.29, 1.82) is 0 Å². The first kappa shape index (κ1) is 24.9. The van der Waals surface area contributed by atoms with Crippen molar-refractivity contribution in [3.63, 3.8) is 0 Å². The summed E-state index contributed by atoms with van der Waals surface area (Å²) in [5.74, 6) is 0.552. The minimum Gasteiger partial charge on any atom is -0.739 e. The molecule has 13 nitrogen and oxygen atoms in total. The average molecular weight is 496 g/mol. The van der Waals surface area contributed by atoms with Gasteiger partial charge in [-0.05, 0) is 45.0 Å². The van der Waals surface area contributed by atoms with Gasteiger partial charge in [-0.2, -0.15) is 0 Å². The molecule has 4 rings (SSSR count). The molecule has 4 N–H and O–H groups in total. The van der Waals surface area contributed by atoms with Crippen LogP contribution in [0.25, 0.3) is 0 Å². The van der Waals surface area contributed by atoms with Crippen molar-refractivity contribution < 1.29 is 9.53 Å². The van der Waals surface area contributed by atoms with E-state index in [1.165, 1.54) is 4.90 Å². The van der Waals surface area contributed by atoms with E-state index in [1.54, 1.807) is 57.2 Å². The Balaban J connectivity index is 1.38. The molecule has 2 aliphatic heterocycles. The summed E-state index contributed by atoms with van der Waals surface area (Å²) in [6.45, 7) is 6.23. The van der Waals surface area contributed by atoms with Crippen molar-refractivity contribution in [1.82, 2.24) is 15.8 Å². The Hall–Kier alpha value is -4.23. The third kappa shape index (κ3) is 6.25. The molecule has 0 aliphatic carbocycles. The van der Waals surface area contributed by atoms with Crippen LogP contribution < -0.4 is 31.8 Å². The molecule has 0 spiro atoms. The zero-order valence-electron chi connectivity index (χ0n) is 20.3. The fourth-order valence-electron chi connectivity index (χ4n) is 3.47. The number of para-hydroxylation sites is 4. The third-order valence-electron chi connectivity index (χ3n) is 5.10. The highest BCUT2D eigenvalue weighted by atomic mass is 16.6. The summed E-state index contributed by atoms with van der Waals surface area (Å²) in [6, 6.07) is 14.1. The Morgan fingerprint density at radius 2 is 1.31 bits per heavy atom. The number of guanidine groups is 2. The molecule has 0 saturated heterocycles. The second kappa shape index (κ2) is 10.6. The van der Waals surface area contributed by atoms with Gasteiger partial charge in [-0.1, -0.05) is 24.3 Å². The Kier molecular flexibility index (Phi) is 7.31. The van der Waals surface area contributed by atoms with Crippen LogP contribution in [0.4, 0.5) is 27.5 Å². The van der Waals surface area contributed by atoms with Crippen molar-refractivity contribution in [3.8, 4) is 0 Å². The topological polar surface area (TPSA) is 155 Å². The summed E-state index contributed by atoms with van der Waals surface area (Å²) in [4.78, 5) is 23.0. The fraction of sp³-hybridized carbons (Fsp3) is 0.348. The molecule has 0 radical (unpaired) electrons. The van der Waals surface area contributed by atoms with Crippen LogP contribution in [0.15, 0.2) is 58.5 Å². The molecule has 36 heavy (non-hydrogen) atoms. The van der Waals surface area contributed by atoms with Crippen molar-refractivity contribution in [2.24, 2.45) is 9.98 Å². The molecule has 2 aromatic carbocycles. The second-order valence-corrected chi connectivity index (χ2v) is 9.02. The molecule has 13 heteroatoms. The summed E-state index contributed by atoms with van der Waals surface area (Å²) in [6.07, 6.45) is -0.511. The van der Waals surface area contributed by atoms with Gasteiger partial charge in [0.2, 0.25) is 11.9 Å². The third-order valence-corrected chi connectivity index (χ3v) is 5.10. The highest BCUT2D eigenvalue weighted by Crippen LogP contribution is 2.27. The van der Waals surface area contributed by atoms with Crippen LogP contribution in [-0.2, 0) is 4.74 Å². The van der Waals surface area contributed by atoms with Crippen molar-refractivity contribution >= 4 is 40.8 Å². The standard InChI is InChI=1S/C23H29N9O4/c1-23(2,3)36-22(33)30(14-12-24-20-26-16-8-4-6-10-18(16)31(34)28-20)15-13-25-21-27-17-9-5-7-11-19(17)32(35)29-21/h4-11H,12-15H2,1-3H3,(H2,24,26,28)(H2,25,27,29)/q-2. The van der Waals surface area contributed by atoms with E-state index < -0.39 is 11.7 Å². The zero-order chi connectivity index (χ0) is 25.7. The number of nitrogens with zero attached hydrogens (tertiary/aromatic N) is 5. The maximum Gasteiger partial charge on any atom is 0.410 e. The number of hydrazine groups is 2. The molecule has 192 valence electrons. The largest absolute Gasteiger partial charge is 0.739 e. The first-order valence-corrected chi connectivity index (χ1v) is 11.5. The maximum absolute atomic E-state index is 12.8. The number of hydrogen-bond acceptors (Lipinski definition) is 8. The Bertz CT molecular complexity index is 1070. The van der Waals surface area contributed by atoms with E-state index in [0.717, 1.165) is 0 Å². The lowest BCUT2D eigenvalue weighted by atomic mass is 10.2. The molecule has 2 aromatic rings. The van der Waals surface area contributed by atoms with Gasteiger partial charge in [0.1, 0.15) is 5.60 Å². The molecule has 1 amide bonds. The first-order chi connectivity index (χ1) is 17.2. The van der Waals surface area contributed by atoms with E-state index in [9.17, 15) is 15.2 Å². The van der Waals surface area contributed by atoms with Crippen LogP contribution in [0.5, 0.6) is 0 Å². The van der Waals surface area contributed by atoms with Gasteiger partial charge >= 0.3 is 6.09 Å². The van der Waals surface area contributed by atoms with E-state index >= 15 is 0 Å². The molecule has 0 aromatic heterocycles. The number of rotatable bonds is 6. The number of hydrogen-bond donors (Lipinski definition) is 4. The van der Waals surface area contributed by atoms with Gasteiger partial charge in [0.05, 0.1) is 35.8 Å². The smallest absolute Gasteiger partial charge is 0.410 e. The Morgan fingerprint density at radius 3 is 1.75 bits per heavy atom. The van der Waals surface area contributed by atoms with Gasteiger partial charge in [-0.25, -0.2) is 14.8 Å². The van der Waals surface area contributed by atoms with E-state index in [4.69, 9.17) is 4.74 Å². The monoisotopic (exact) mass is 495 g/mol. The number of anilines is 4. The fourth-order valence-corrected chi connectivity index (χ4v) is 3.47. The summed E-state index contributed by atoms with van der Waals surface area (Å²) >= 11 is 0. The molecule has 0 fully saturated rings. The predicted molar refractivity (Wildman–Crippen MR) is 141 cm³/mol. The molecule has 0 bridgehead atoms. The van der Waals surface area contributed by atoms with Crippen molar-refractivity contribution in [3.05, 3.63) is 58.9 Å². The summed E-state index contributed by atoms with van der Waals surface area (Å²) in [7, 11) is 0. The van der Waals surface area contributed by atoms with E-state index in [0.29, 0.717) is 33.1 Å². The van der Waals surface area contributed by atoms with E-state index in [1.807, 2.05) is 12.1 Å². The normalized spacial score (nSPS) is 16.8. The number of nitrogens with one attached hydrogen (secondary N) is 4. The zero-order valence-corrected chi connectivity index (χ0v) is 20.3. The van der Waals surface area contributed by atoms with Gasteiger partial charge in [-0.15, -0.1) is 0 Å². The van der Waals surface area contributed by atoms with Gasteiger partial charge in [0, 0.05) is 13.1 Å². The second-order valence-electron chi connectivity index (χ2n) is 9.02. The highest BCUT2D eigenvalue weighted by molar-refractivity contribution is 6.01. The molecule has 0 atom stereocenters. The van der Waals surface area contributed by atoms with Crippen LogP contribution in [0.3, 0.4) is 0 Å². The lowest BCUT2D eigenvalue weighted by molar-refractivity contribution is 0.0261. The number of amides is 1. The first-order valence-electron chi connectivity index (χ1n) is 11.5. The quantitative estimate of drug-likeness (QED) is 0.470. The van der Waals surface area contributed by atoms with Crippen LogP contribution in [0, 0.1) is 10.4 Å². The number of carbonyl (C=O) groups excluding carboxylic acids is 1. The van der Waals surface area contributed by atoms with Crippen LogP contribution in [-0.4, -0.2) is 54.7 Å². The molecule has 2 aliphatic rings. The van der Waals surface area contributed by atoms with Crippen molar-refractivity contribution in [2.45, 2.75) is 26.4 Å². The number of carbonyl (C=O) groups is 1. The van der Waals surface area contributed by atoms with Crippen molar-refractivity contribution in [2.75, 3.05) is 47.2 Å². The van der Waals surface area contributed by atoms with Crippen LogP contribution in [0.2, 0.25) is 0 Å². The van der Waals surface area contributed by atoms with Gasteiger partial charge < -0.3 is 41.0 Å². The highest BCUT2D eigenvalue weighted by Gasteiger charge is 2.22. The minimum atomic E-state index is -0.675. The molecular weight excluding hydrogens is 466 g/mol. The summed E-state index contributed by atoms with van der Waals surface area (Å²) in [5.41, 5.74) is 6.74. The lowest BCUT2D eigenvalue weighted by Gasteiger charge is -2.38. The summed E-state index contributed by atoms with van der Waals surface area (Å²) in [5, 5.41) is 31.8. The Labute approximate surface area is 208 Å². The lowest BCUT2D eigenvalue weighted by Crippen LogP contribution is -2.47. The number of ether oxygens (including phenoxy) is 1. The average Bonchev–Trinajstić information content (AvgIpc) is 2.82. The van der Waals surface area contributed by atoms with Gasteiger partial charge in [-0.3, -0.25) is 10.9 Å². The molecule has 0 unspecified atom stereocenters. The Morgan fingerprint density at radius 1 is 0.861 bits per heavy atom. The predicted octanol–water partition coefficient (Wildman–Crippen LogP) is 2.80. The van der Waals surface area contributed by atoms with Gasteiger partial charge in [0.25, 0.3) is 0 Å². The maximum atomic E-state index is 12.8. The number of fused-ring (bicyclic) bond motifs is 2. The summed E-state index contributed by atoms with van der Waals surface area (Å²) < 4.78 is 5.52. The minimum absolute atomic E-state index is 0.208. The number of aliphatic imine (C=N–C) groups is 2. The van der Waals surface area contributed by atoms with Crippen LogP contribution in [0.1, 0.15) is 20.8 Å². The van der Waals surface area contributed by atoms with Gasteiger partial charge in [0.15, 0.2) is 0 Å². The number of benzene rings is 2. The SMILES string of the molecule is CC(C)(C)OC(=O)N(CCN=C1Nc2ccccc2N([O-])N1)CCN=C1Nc2ccccc2N([O-])N1. The molecule has 0 saturated carbocycles. The molecular formula is C23H29N9O4-2. The van der Waals surface area contributed by atoms with E-state index in [-0.39, 0.29) is 38.1 Å². The van der Waals surface area contributed by atoms with Crippen LogP contribution >= 0.6 is 0 Å². The molecule has 2 heterocycles. The van der Waals surface area contributed by atoms with E-state index in [2.05, 4.69) is 31.5 Å².